The zero-order chi connectivity index (χ0) is 17.4. The van der Waals surface area contributed by atoms with Crippen molar-refractivity contribution in [2.75, 3.05) is 26.7 Å². The summed E-state index contributed by atoms with van der Waals surface area (Å²) in [6, 6.07) is 12.2. The Kier molecular flexibility index (Phi) is 7.54. The Morgan fingerprint density at radius 2 is 1.67 bits per heavy atom. The first kappa shape index (κ1) is 18.8. The quantitative estimate of drug-likeness (QED) is 0.680. The highest BCUT2D eigenvalue weighted by atomic mass is 16.5. The van der Waals surface area contributed by atoms with Gasteiger partial charge in [-0.1, -0.05) is 57.0 Å². The maximum Gasteiger partial charge on any atom is 0.125 e. The van der Waals surface area contributed by atoms with Crippen LogP contribution in [0.1, 0.15) is 51.2 Å². The summed E-state index contributed by atoms with van der Waals surface area (Å²) < 4.78 is 5.54. The lowest BCUT2D eigenvalue weighted by molar-refractivity contribution is 0.110. The van der Waals surface area contributed by atoms with Crippen LogP contribution in [0.25, 0.3) is 10.8 Å². The number of unbranched alkanes of at least 4 members (excludes halogenated alkanes) is 2. The van der Waals surface area contributed by atoms with Crippen molar-refractivity contribution in [3.05, 3.63) is 42.0 Å². The number of hydrogen-bond donors (Lipinski definition) is 1. The van der Waals surface area contributed by atoms with Gasteiger partial charge in [-0.3, -0.25) is 0 Å². The number of ether oxygens (including phenoxy) is 1. The highest BCUT2D eigenvalue weighted by molar-refractivity contribution is 5.88. The van der Waals surface area contributed by atoms with Crippen LogP contribution in [-0.2, 0) is 0 Å². The average molecular weight is 329 g/mol. The summed E-state index contributed by atoms with van der Waals surface area (Å²) >= 11 is 0. The molecule has 0 aromatic heterocycles. The van der Waals surface area contributed by atoms with Crippen LogP contribution in [0.5, 0.6) is 5.75 Å². The lowest BCUT2D eigenvalue weighted by atomic mass is 9.98. The molecule has 0 spiro atoms. The lowest BCUT2D eigenvalue weighted by Gasteiger charge is -2.26. The molecule has 24 heavy (non-hydrogen) atoms. The van der Waals surface area contributed by atoms with E-state index in [4.69, 9.17) is 4.74 Å². The summed E-state index contributed by atoms with van der Waals surface area (Å²) in [5, 5.41) is 13.2. The van der Waals surface area contributed by atoms with E-state index < -0.39 is 6.10 Å². The zero-order valence-electron chi connectivity index (χ0n) is 15.3. The highest BCUT2D eigenvalue weighted by Crippen LogP contribution is 2.33. The van der Waals surface area contributed by atoms with E-state index in [0.29, 0.717) is 6.54 Å². The predicted octanol–water partition coefficient (Wildman–Crippen LogP) is 4.78. The summed E-state index contributed by atoms with van der Waals surface area (Å²) in [5.74, 6) is 0.770. The second kappa shape index (κ2) is 9.65. The molecule has 0 radical (unpaired) electrons. The number of methoxy groups -OCH3 is 1. The first-order valence-corrected chi connectivity index (χ1v) is 9.17. The molecule has 132 valence electrons. The number of hydrogen-bond acceptors (Lipinski definition) is 3. The van der Waals surface area contributed by atoms with Crippen LogP contribution >= 0.6 is 0 Å². The monoisotopic (exact) mass is 329 g/mol. The largest absolute Gasteiger partial charge is 0.496 e. The number of aliphatic hydroxyl groups excluding tert-OH is 1. The molecule has 1 N–H and O–H groups in total. The lowest BCUT2D eigenvalue weighted by Crippen LogP contribution is -2.31. The van der Waals surface area contributed by atoms with E-state index in [-0.39, 0.29) is 0 Å². The topological polar surface area (TPSA) is 32.7 Å². The SMILES string of the molecule is CCCCN(CCCC)C[C@@H](O)c1c(OC)ccc2ccccc12. The molecule has 2 aromatic rings. The molecule has 2 rings (SSSR count). The molecule has 0 aliphatic heterocycles. The Hall–Kier alpha value is -1.58. The maximum atomic E-state index is 11.0. The smallest absolute Gasteiger partial charge is 0.125 e. The molecule has 2 aromatic carbocycles. The van der Waals surface area contributed by atoms with E-state index >= 15 is 0 Å². The molecule has 0 amide bonds. The molecule has 3 nitrogen and oxygen atoms in total. The predicted molar refractivity (Wildman–Crippen MR) is 102 cm³/mol. The Morgan fingerprint density at radius 3 is 2.29 bits per heavy atom. The van der Waals surface area contributed by atoms with E-state index in [1.54, 1.807) is 7.11 Å². The van der Waals surface area contributed by atoms with Crippen molar-refractivity contribution in [2.45, 2.75) is 45.6 Å². The Morgan fingerprint density at radius 1 is 1.00 bits per heavy atom. The number of aliphatic hydroxyl groups is 1. The van der Waals surface area contributed by atoms with Gasteiger partial charge in [0.15, 0.2) is 0 Å². The highest BCUT2D eigenvalue weighted by Gasteiger charge is 2.19. The third-order valence-electron chi connectivity index (χ3n) is 4.57. The van der Waals surface area contributed by atoms with Crippen molar-refractivity contribution in [1.82, 2.24) is 4.90 Å². The Balaban J connectivity index is 2.26. The normalized spacial score (nSPS) is 12.7. The summed E-state index contributed by atoms with van der Waals surface area (Å²) in [6.45, 7) is 7.16. The fourth-order valence-corrected chi connectivity index (χ4v) is 3.19. The van der Waals surface area contributed by atoms with Crippen LogP contribution < -0.4 is 4.74 Å². The van der Waals surface area contributed by atoms with Crippen molar-refractivity contribution in [2.24, 2.45) is 0 Å². The fourth-order valence-electron chi connectivity index (χ4n) is 3.19. The van der Waals surface area contributed by atoms with Gasteiger partial charge in [-0.25, -0.2) is 0 Å². The van der Waals surface area contributed by atoms with Crippen LogP contribution in [0.15, 0.2) is 36.4 Å². The molecule has 0 bridgehead atoms. The van der Waals surface area contributed by atoms with Crippen molar-refractivity contribution in [1.29, 1.82) is 0 Å². The molecule has 1 atom stereocenters. The zero-order valence-corrected chi connectivity index (χ0v) is 15.3. The first-order valence-electron chi connectivity index (χ1n) is 9.17. The van der Waals surface area contributed by atoms with Crippen LogP contribution in [0.3, 0.4) is 0 Å². The average Bonchev–Trinajstić information content (AvgIpc) is 2.62. The van der Waals surface area contributed by atoms with Gasteiger partial charge in [0, 0.05) is 12.1 Å². The molecule has 0 unspecified atom stereocenters. The van der Waals surface area contributed by atoms with E-state index in [1.807, 2.05) is 18.2 Å². The third-order valence-corrected chi connectivity index (χ3v) is 4.57. The van der Waals surface area contributed by atoms with Crippen LogP contribution in [-0.4, -0.2) is 36.8 Å². The van der Waals surface area contributed by atoms with E-state index in [1.165, 1.54) is 25.7 Å². The van der Waals surface area contributed by atoms with Gasteiger partial charge < -0.3 is 14.7 Å². The molecule has 0 fully saturated rings. The van der Waals surface area contributed by atoms with Crippen LogP contribution in [0.2, 0.25) is 0 Å². The summed E-state index contributed by atoms with van der Waals surface area (Å²) in [6.07, 6.45) is 4.15. The number of rotatable bonds is 10. The van der Waals surface area contributed by atoms with E-state index in [0.717, 1.165) is 35.2 Å². The standard InChI is InChI=1S/C21H31NO2/c1-4-6-14-22(15-7-5-2)16-19(23)21-18-11-9-8-10-17(18)12-13-20(21)24-3/h8-13,19,23H,4-7,14-16H2,1-3H3/t19-/m1/s1. The van der Waals surface area contributed by atoms with Crippen molar-refractivity contribution >= 4 is 10.8 Å². The van der Waals surface area contributed by atoms with Gasteiger partial charge in [0.1, 0.15) is 5.75 Å². The molecule has 0 heterocycles. The van der Waals surface area contributed by atoms with Crippen LogP contribution in [0.4, 0.5) is 0 Å². The Labute approximate surface area is 146 Å². The number of nitrogens with zero attached hydrogens (tertiary/aromatic N) is 1. The van der Waals surface area contributed by atoms with Crippen molar-refractivity contribution in [3.8, 4) is 5.75 Å². The second-order valence-corrected chi connectivity index (χ2v) is 6.43. The summed E-state index contributed by atoms with van der Waals surface area (Å²) in [4.78, 5) is 2.39. The molecule has 0 saturated carbocycles. The second-order valence-electron chi connectivity index (χ2n) is 6.43. The maximum absolute atomic E-state index is 11.0. The van der Waals surface area contributed by atoms with Gasteiger partial charge in [0.2, 0.25) is 0 Å². The minimum atomic E-state index is -0.542. The number of benzene rings is 2. The summed E-state index contributed by atoms with van der Waals surface area (Å²) in [7, 11) is 1.67. The van der Waals surface area contributed by atoms with Gasteiger partial charge in [-0.15, -0.1) is 0 Å². The molecule has 0 saturated heterocycles. The number of fused-ring (bicyclic) bond motifs is 1. The molecule has 0 aliphatic carbocycles. The molecular weight excluding hydrogens is 298 g/mol. The third kappa shape index (κ3) is 4.71. The molecular formula is C21H31NO2. The van der Waals surface area contributed by atoms with Crippen molar-refractivity contribution < 1.29 is 9.84 Å². The summed E-state index contributed by atoms with van der Waals surface area (Å²) in [5.41, 5.74) is 0.911. The van der Waals surface area contributed by atoms with Gasteiger partial charge >= 0.3 is 0 Å². The Bertz CT molecular complexity index is 618. The molecule has 3 heteroatoms. The van der Waals surface area contributed by atoms with Gasteiger partial charge in [-0.2, -0.15) is 0 Å². The minimum absolute atomic E-state index is 0.542. The minimum Gasteiger partial charge on any atom is -0.496 e. The van der Waals surface area contributed by atoms with Gasteiger partial charge in [0.05, 0.1) is 13.2 Å². The first-order chi connectivity index (χ1) is 11.7. The van der Waals surface area contributed by atoms with Gasteiger partial charge in [-0.05, 0) is 42.8 Å². The van der Waals surface area contributed by atoms with Crippen molar-refractivity contribution in [3.63, 3.8) is 0 Å². The fraction of sp³-hybridized carbons (Fsp3) is 0.524. The van der Waals surface area contributed by atoms with E-state index in [9.17, 15) is 5.11 Å². The van der Waals surface area contributed by atoms with Crippen LogP contribution in [0, 0.1) is 0 Å². The molecule has 0 aliphatic rings. The van der Waals surface area contributed by atoms with Gasteiger partial charge in [0.25, 0.3) is 0 Å². The van der Waals surface area contributed by atoms with E-state index in [2.05, 4.69) is 36.9 Å².